The standard InChI is InChI=1S/C24H27N5O4S/c1-16(2)29(23(32)18-6-8-20(33-3)9-7-18)14-22(31)28-24-27-19(15-34-24)11-21(30)26-13-17-5-4-10-25-12-17/h4-10,12,15-16H,11,13-14H2,1-3H3,(H,26,30)(H,27,28,31). The van der Waals surface area contributed by atoms with Gasteiger partial charge in [0.1, 0.15) is 12.3 Å². The summed E-state index contributed by atoms with van der Waals surface area (Å²) in [5.41, 5.74) is 1.93. The highest BCUT2D eigenvalue weighted by molar-refractivity contribution is 7.13. The molecule has 0 radical (unpaired) electrons. The lowest BCUT2D eigenvalue weighted by atomic mass is 10.1. The van der Waals surface area contributed by atoms with E-state index in [9.17, 15) is 14.4 Å². The summed E-state index contributed by atoms with van der Waals surface area (Å²) in [5.74, 6) is -0.144. The molecule has 178 valence electrons. The lowest BCUT2D eigenvalue weighted by molar-refractivity contribution is -0.120. The van der Waals surface area contributed by atoms with Crippen molar-refractivity contribution in [2.75, 3.05) is 19.0 Å². The minimum Gasteiger partial charge on any atom is -0.497 e. The third kappa shape index (κ3) is 7.11. The maximum atomic E-state index is 12.9. The molecule has 0 fully saturated rings. The van der Waals surface area contributed by atoms with Crippen molar-refractivity contribution in [1.29, 1.82) is 0 Å². The largest absolute Gasteiger partial charge is 0.497 e. The number of benzene rings is 1. The summed E-state index contributed by atoms with van der Waals surface area (Å²) < 4.78 is 5.13. The Morgan fingerprint density at radius 2 is 1.88 bits per heavy atom. The number of aromatic nitrogens is 2. The van der Waals surface area contributed by atoms with Crippen molar-refractivity contribution in [1.82, 2.24) is 20.2 Å². The Labute approximate surface area is 202 Å². The van der Waals surface area contributed by atoms with Gasteiger partial charge in [-0.15, -0.1) is 11.3 Å². The molecule has 0 aliphatic rings. The van der Waals surface area contributed by atoms with E-state index in [1.807, 2.05) is 26.0 Å². The molecule has 2 aromatic heterocycles. The van der Waals surface area contributed by atoms with E-state index in [0.717, 1.165) is 5.56 Å². The van der Waals surface area contributed by atoms with Gasteiger partial charge in [-0.3, -0.25) is 19.4 Å². The first-order chi connectivity index (χ1) is 16.4. The van der Waals surface area contributed by atoms with Crippen molar-refractivity contribution in [3.8, 4) is 5.75 Å². The van der Waals surface area contributed by atoms with Crippen LogP contribution in [-0.2, 0) is 22.6 Å². The first-order valence-electron chi connectivity index (χ1n) is 10.7. The fourth-order valence-electron chi connectivity index (χ4n) is 3.08. The van der Waals surface area contributed by atoms with E-state index in [0.29, 0.717) is 28.7 Å². The van der Waals surface area contributed by atoms with Crippen LogP contribution in [0.5, 0.6) is 5.75 Å². The van der Waals surface area contributed by atoms with E-state index in [1.165, 1.54) is 16.2 Å². The first-order valence-corrected chi connectivity index (χ1v) is 11.6. The summed E-state index contributed by atoms with van der Waals surface area (Å²) in [7, 11) is 1.56. The second kappa shape index (κ2) is 11.9. The molecule has 1 aromatic carbocycles. The zero-order valence-electron chi connectivity index (χ0n) is 19.3. The van der Waals surface area contributed by atoms with Crippen molar-refractivity contribution >= 4 is 34.2 Å². The van der Waals surface area contributed by atoms with Crippen LogP contribution in [0.4, 0.5) is 5.13 Å². The number of pyridine rings is 1. The van der Waals surface area contributed by atoms with E-state index in [2.05, 4.69) is 20.6 Å². The number of nitrogens with zero attached hydrogens (tertiary/aromatic N) is 3. The van der Waals surface area contributed by atoms with Gasteiger partial charge < -0.3 is 20.3 Å². The van der Waals surface area contributed by atoms with Crippen molar-refractivity contribution in [3.05, 3.63) is 71.0 Å². The van der Waals surface area contributed by atoms with E-state index in [4.69, 9.17) is 4.74 Å². The number of carbonyl (C=O) groups is 3. The summed E-state index contributed by atoms with van der Waals surface area (Å²) in [6, 6.07) is 10.2. The van der Waals surface area contributed by atoms with Crippen molar-refractivity contribution < 1.29 is 19.1 Å². The summed E-state index contributed by atoms with van der Waals surface area (Å²) in [6.45, 7) is 3.96. The molecule has 10 heteroatoms. The van der Waals surface area contributed by atoms with Crippen LogP contribution in [0, 0.1) is 0 Å². The van der Waals surface area contributed by atoms with Crippen molar-refractivity contribution in [2.24, 2.45) is 0 Å². The monoisotopic (exact) mass is 481 g/mol. The number of carbonyl (C=O) groups excluding carboxylic acids is 3. The highest BCUT2D eigenvalue weighted by atomic mass is 32.1. The predicted molar refractivity (Wildman–Crippen MR) is 130 cm³/mol. The smallest absolute Gasteiger partial charge is 0.254 e. The average Bonchev–Trinajstić information content (AvgIpc) is 3.27. The van der Waals surface area contributed by atoms with Gasteiger partial charge in [-0.05, 0) is 49.7 Å². The molecule has 0 saturated carbocycles. The fraction of sp³-hybridized carbons (Fsp3) is 0.292. The highest BCUT2D eigenvalue weighted by Gasteiger charge is 2.22. The normalized spacial score (nSPS) is 10.6. The number of ether oxygens (including phenoxy) is 1. The van der Waals surface area contributed by atoms with Crippen LogP contribution < -0.4 is 15.4 Å². The van der Waals surface area contributed by atoms with Crippen molar-refractivity contribution in [3.63, 3.8) is 0 Å². The third-order valence-corrected chi connectivity index (χ3v) is 5.69. The molecule has 2 N–H and O–H groups in total. The Balaban J connectivity index is 1.53. The Hall–Kier alpha value is -3.79. The minimum absolute atomic E-state index is 0.0979. The molecule has 0 atom stereocenters. The molecule has 3 aromatic rings. The molecule has 0 bridgehead atoms. The van der Waals surface area contributed by atoms with Gasteiger partial charge >= 0.3 is 0 Å². The van der Waals surface area contributed by atoms with E-state index in [1.54, 1.807) is 49.1 Å². The summed E-state index contributed by atoms with van der Waals surface area (Å²) in [6.07, 6.45) is 3.46. The van der Waals surface area contributed by atoms with Crippen LogP contribution >= 0.6 is 11.3 Å². The molecule has 2 heterocycles. The van der Waals surface area contributed by atoms with Gasteiger partial charge in [0.2, 0.25) is 11.8 Å². The first kappa shape index (κ1) is 24.8. The zero-order chi connectivity index (χ0) is 24.5. The van der Waals surface area contributed by atoms with Gasteiger partial charge in [0.15, 0.2) is 5.13 Å². The fourth-order valence-corrected chi connectivity index (χ4v) is 3.80. The predicted octanol–water partition coefficient (Wildman–Crippen LogP) is 2.89. The maximum absolute atomic E-state index is 12.9. The minimum atomic E-state index is -0.363. The second-order valence-electron chi connectivity index (χ2n) is 7.76. The third-order valence-electron chi connectivity index (χ3n) is 4.89. The lowest BCUT2D eigenvalue weighted by Crippen LogP contribution is -2.42. The lowest BCUT2D eigenvalue weighted by Gasteiger charge is -2.26. The van der Waals surface area contributed by atoms with E-state index in [-0.39, 0.29) is 36.7 Å². The number of nitrogens with one attached hydrogen (secondary N) is 2. The van der Waals surface area contributed by atoms with Gasteiger partial charge in [-0.25, -0.2) is 4.98 Å². The number of thiazole rings is 1. The highest BCUT2D eigenvalue weighted by Crippen LogP contribution is 2.17. The van der Waals surface area contributed by atoms with Crippen LogP contribution in [0.25, 0.3) is 0 Å². The average molecular weight is 482 g/mol. The van der Waals surface area contributed by atoms with Gasteiger partial charge in [0, 0.05) is 35.9 Å². The number of hydrogen-bond donors (Lipinski definition) is 2. The molecule has 0 spiro atoms. The van der Waals surface area contributed by atoms with Crippen LogP contribution in [0.1, 0.15) is 35.5 Å². The Morgan fingerprint density at radius 1 is 1.12 bits per heavy atom. The van der Waals surface area contributed by atoms with Gasteiger partial charge in [0.25, 0.3) is 5.91 Å². The molecule has 0 unspecified atom stereocenters. The number of methoxy groups -OCH3 is 1. The molecular weight excluding hydrogens is 454 g/mol. The summed E-state index contributed by atoms with van der Waals surface area (Å²) in [4.78, 5) is 47.5. The number of anilines is 1. The molecule has 9 nitrogen and oxygen atoms in total. The van der Waals surface area contributed by atoms with Crippen LogP contribution in [0.2, 0.25) is 0 Å². The molecule has 34 heavy (non-hydrogen) atoms. The Kier molecular flexibility index (Phi) is 8.69. The van der Waals surface area contributed by atoms with Crippen LogP contribution in [-0.4, -0.2) is 52.3 Å². The topological polar surface area (TPSA) is 114 Å². The zero-order valence-corrected chi connectivity index (χ0v) is 20.1. The van der Waals surface area contributed by atoms with Gasteiger partial charge in [-0.1, -0.05) is 6.07 Å². The molecule has 0 aliphatic carbocycles. The van der Waals surface area contributed by atoms with Crippen LogP contribution in [0.15, 0.2) is 54.2 Å². The number of rotatable bonds is 10. The van der Waals surface area contributed by atoms with Crippen molar-refractivity contribution in [2.45, 2.75) is 32.9 Å². The Bertz CT molecular complexity index is 1120. The quantitative estimate of drug-likeness (QED) is 0.460. The number of hydrogen-bond acceptors (Lipinski definition) is 7. The van der Waals surface area contributed by atoms with E-state index >= 15 is 0 Å². The second-order valence-corrected chi connectivity index (χ2v) is 8.62. The molecular formula is C24H27N5O4S. The van der Waals surface area contributed by atoms with Gasteiger partial charge in [-0.2, -0.15) is 0 Å². The Morgan fingerprint density at radius 3 is 2.53 bits per heavy atom. The molecule has 0 saturated heterocycles. The SMILES string of the molecule is COc1ccc(C(=O)N(CC(=O)Nc2nc(CC(=O)NCc3cccnc3)cs2)C(C)C)cc1. The van der Waals surface area contributed by atoms with Gasteiger partial charge in [0.05, 0.1) is 19.2 Å². The molecule has 0 aliphatic heterocycles. The summed E-state index contributed by atoms with van der Waals surface area (Å²) in [5, 5.41) is 7.64. The maximum Gasteiger partial charge on any atom is 0.254 e. The molecule has 3 amide bonds. The van der Waals surface area contributed by atoms with E-state index < -0.39 is 0 Å². The van der Waals surface area contributed by atoms with Crippen LogP contribution in [0.3, 0.4) is 0 Å². The number of amides is 3. The molecule has 3 rings (SSSR count). The summed E-state index contributed by atoms with van der Waals surface area (Å²) >= 11 is 1.23.